The van der Waals surface area contributed by atoms with Crippen molar-refractivity contribution < 1.29 is 0 Å². The highest BCUT2D eigenvalue weighted by atomic mass is 15.3. The molecule has 57 heavy (non-hydrogen) atoms. The maximum absolute atomic E-state index is 5.05. The minimum absolute atomic E-state index is 0.596. The topological polar surface area (TPSA) is 92.1 Å². The molecule has 0 unspecified atom stereocenters. The van der Waals surface area contributed by atoms with E-state index in [1.165, 1.54) is 0 Å². The molecule has 0 N–H and O–H groups in total. The van der Waals surface area contributed by atoms with Crippen molar-refractivity contribution in [2.24, 2.45) is 0 Å². The number of nitrogens with zero attached hydrogens (tertiary/aromatic N) is 9. The fraction of sp³-hybridized carbons (Fsp3) is 0. The summed E-state index contributed by atoms with van der Waals surface area (Å²) in [7, 11) is 0. The monoisotopic (exact) mass is 735 g/mol. The Morgan fingerprint density at radius 2 is 0.544 bits per heavy atom. The van der Waals surface area contributed by atoms with Crippen LogP contribution in [0.2, 0.25) is 0 Å². The lowest BCUT2D eigenvalue weighted by atomic mass is 10.0. The quantitative estimate of drug-likeness (QED) is 0.147. The normalized spacial score (nSPS) is 11.2. The van der Waals surface area contributed by atoms with Crippen molar-refractivity contribution in [3.8, 4) is 84.6 Å². The van der Waals surface area contributed by atoms with Crippen LogP contribution in [0.1, 0.15) is 0 Å². The van der Waals surface area contributed by atoms with Crippen LogP contribution in [0.25, 0.3) is 84.6 Å². The summed E-state index contributed by atoms with van der Waals surface area (Å²) in [6.07, 6.45) is 11.2. The lowest BCUT2D eigenvalue weighted by Gasteiger charge is -2.11. The van der Waals surface area contributed by atoms with Gasteiger partial charge in [-0.05, 0) is 88.0 Å². The molecule has 10 rings (SSSR count). The van der Waals surface area contributed by atoms with Crippen molar-refractivity contribution in [1.29, 1.82) is 0 Å². The Morgan fingerprint density at radius 3 is 0.807 bits per heavy atom. The van der Waals surface area contributed by atoms with Gasteiger partial charge in [-0.2, -0.15) is 15.3 Å². The standard InChI is InChI=1S/C48H33N9/c1-7-40(31-43(10-1)55-28-4-25-49-55)34-13-19-37(20-14-34)46-52-47(38-21-15-35(16-22-38)41-8-2-11-44(32-41)56-29-5-26-50-56)54-48(53-46)39-23-17-36(18-24-39)42-9-3-12-45(33-42)57-30-6-27-51-57/h1-33H. The van der Waals surface area contributed by atoms with Crippen molar-refractivity contribution >= 4 is 0 Å². The van der Waals surface area contributed by atoms with E-state index in [2.05, 4.69) is 143 Å². The van der Waals surface area contributed by atoms with Gasteiger partial charge in [0.25, 0.3) is 0 Å². The van der Waals surface area contributed by atoms with Gasteiger partial charge in [0.2, 0.25) is 0 Å². The molecule has 0 amide bonds. The zero-order valence-corrected chi connectivity index (χ0v) is 30.6. The van der Waals surface area contributed by atoms with Gasteiger partial charge in [0.15, 0.2) is 17.5 Å². The lowest BCUT2D eigenvalue weighted by molar-refractivity contribution is 0.881. The van der Waals surface area contributed by atoms with Crippen molar-refractivity contribution in [3.05, 3.63) is 201 Å². The molecule has 4 aromatic heterocycles. The fourth-order valence-corrected chi connectivity index (χ4v) is 6.95. The predicted octanol–water partition coefficient (Wildman–Crippen LogP) is 10.4. The summed E-state index contributed by atoms with van der Waals surface area (Å²) in [5.74, 6) is 1.79. The molecule has 9 heteroatoms. The zero-order chi connectivity index (χ0) is 38.0. The second-order valence-corrected chi connectivity index (χ2v) is 13.5. The molecule has 0 atom stereocenters. The molecule has 9 nitrogen and oxygen atoms in total. The summed E-state index contributed by atoms with van der Waals surface area (Å²) in [4.78, 5) is 15.1. The lowest BCUT2D eigenvalue weighted by Crippen LogP contribution is -2.00. The van der Waals surface area contributed by atoms with Gasteiger partial charge in [0, 0.05) is 53.9 Å². The van der Waals surface area contributed by atoms with Gasteiger partial charge in [-0.1, -0.05) is 109 Å². The number of benzene rings is 6. The highest BCUT2D eigenvalue weighted by Crippen LogP contribution is 2.31. The van der Waals surface area contributed by atoms with Gasteiger partial charge >= 0.3 is 0 Å². The Bertz CT molecular complexity index is 2580. The molecule has 0 saturated heterocycles. The van der Waals surface area contributed by atoms with Crippen LogP contribution >= 0.6 is 0 Å². The van der Waals surface area contributed by atoms with E-state index < -0.39 is 0 Å². The first-order chi connectivity index (χ1) is 28.2. The summed E-state index contributed by atoms with van der Waals surface area (Å²) in [6, 6.07) is 55.9. The molecular weight excluding hydrogens is 703 g/mol. The molecule has 0 aliphatic rings. The number of hydrogen-bond donors (Lipinski definition) is 0. The second kappa shape index (κ2) is 14.7. The van der Waals surface area contributed by atoms with Crippen LogP contribution in [-0.2, 0) is 0 Å². The van der Waals surface area contributed by atoms with E-state index in [4.69, 9.17) is 15.0 Å². The van der Waals surface area contributed by atoms with Crippen molar-refractivity contribution in [2.75, 3.05) is 0 Å². The van der Waals surface area contributed by atoms with Crippen LogP contribution in [0.4, 0.5) is 0 Å². The summed E-state index contributed by atoms with van der Waals surface area (Å²) in [5, 5.41) is 13.2. The maximum Gasteiger partial charge on any atom is 0.164 e. The van der Waals surface area contributed by atoms with E-state index >= 15 is 0 Å². The van der Waals surface area contributed by atoms with E-state index in [-0.39, 0.29) is 0 Å². The molecule has 0 aliphatic heterocycles. The van der Waals surface area contributed by atoms with Gasteiger partial charge in [-0.25, -0.2) is 29.0 Å². The van der Waals surface area contributed by atoms with Crippen molar-refractivity contribution in [2.45, 2.75) is 0 Å². The van der Waals surface area contributed by atoms with Crippen molar-refractivity contribution in [1.82, 2.24) is 44.3 Å². The van der Waals surface area contributed by atoms with Crippen LogP contribution in [0, 0.1) is 0 Å². The highest BCUT2D eigenvalue weighted by molar-refractivity contribution is 5.74. The van der Waals surface area contributed by atoms with E-state index in [0.29, 0.717) is 17.5 Å². The Morgan fingerprint density at radius 1 is 0.263 bits per heavy atom. The van der Waals surface area contributed by atoms with E-state index in [9.17, 15) is 0 Å². The van der Waals surface area contributed by atoms with Gasteiger partial charge < -0.3 is 0 Å². The first-order valence-corrected chi connectivity index (χ1v) is 18.6. The smallest absolute Gasteiger partial charge is 0.164 e. The van der Waals surface area contributed by atoms with E-state index in [0.717, 1.165) is 67.1 Å². The Balaban J connectivity index is 1.00. The second-order valence-electron chi connectivity index (χ2n) is 13.5. The van der Waals surface area contributed by atoms with Gasteiger partial charge in [-0.15, -0.1) is 0 Å². The third-order valence-corrected chi connectivity index (χ3v) is 9.91. The minimum Gasteiger partial charge on any atom is -0.241 e. The van der Waals surface area contributed by atoms with Crippen molar-refractivity contribution in [3.63, 3.8) is 0 Å². The van der Waals surface area contributed by atoms with Crippen LogP contribution in [0.3, 0.4) is 0 Å². The van der Waals surface area contributed by atoms with Crippen LogP contribution in [0.15, 0.2) is 201 Å². The SMILES string of the molecule is c1cc(-c2ccc(-c3nc(-c4ccc(-c5cccc(-n6cccn6)c5)cc4)nc(-c4ccc(-c5cccc(-n6cccn6)c5)cc4)n3)cc2)cc(-n2cccn2)c1. The van der Waals surface area contributed by atoms with E-state index in [1.54, 1.807) is 18.6 Å². The third-order valence-electron chi connectivity index (χ3n) is 9.91. The van der Waals surface area contributed by atoms with Gasteiger partial charge in [0.05, 0.1) is 17.1 Å². The predicted molar refractivity (Wildman–Crippen MR) is 224 cm³/mol. The Hall–Kier alpha value is -8.04. The molecule has 0 aliphatic carbocycles. The molecule has 270 valence electrons. The first-order valence-electron chi connectivity index (χ1n) is 18.6. The largest absolute Gasteiger partial charge is 0.241 e. The average Bonchev–Trinajstić information content (AvgIpc) is 4.13. The van der Waals surface area contributed by atoms with Crippen LogP contribution in [-0.4, -0.2) is 44.3 Å². The molecule has 6 aromatic carbocycles. The van der Waals surface area contributed by atoms with Gasteiger partial charge in [-0.3, -0.25) is 0 Å². The molecule has 0 spiro atoms. The molecule has 10 aromatic rings. The minimum atomic E-state index is 0.596. The Labute approximate surface area is 328 Å². The molecule has 0 saturated carbocycles. The van der Waals surface area contributed by atoms with Gasteiger partial charge in [0.1, 0.15) is 0 Å². The molecule has 4 heterocycles. The number of hydrogen-bond acceptors (Lipinski definition) is 6. The van der Waals surface area contributed by atoms with E-state index in [1.807, 2.05) is 69.0 Å². The number of rotatable bonds is 9. The highest BCUT2D eigenvalue weighted by Gasteiger charge is 2.14. The average molecular weight is 736 g/mol. The Kier molecular flexibility index (Phi) is 8.62. The summed E-state index contributed by atoms with van der Waals surface area (Å²) in [5.41, 5.74) is 12.2. The number of aromatic nitrogens is 9. The summed E-state index contributed by atoms with van der Waals surface area (Å²) >= 11 is 0. The maximum atomic E-state index is 5.05. The first kappa shape index (κ1) is 33.5. The van der Waals surface area contributed by atoms with Crippen LogP contribution in [0.5, 0.6) is 0 Å². The third kappa shape index (κ3) is 6.92. The summed E-state index contributed by atoms with van der Waals surface area (Å²) < 4.78 is 5.59. The zero-order valence-electron chi connectivity index (χ0n) is 30.6. The molecule has 0 bridgehead atoms. The molecule has 0 fully saturated rings. The van der Waals surface area contributed by atoms with Crippen LogP contribution < -0.4 is 0 Å². The fourth-order valence-electron chi connectivity index (χ4n) is 6.95. The summed E-state index contributed by atoms with van der Waals surface area (Å²) in [6.45, 7) is 0. The molecule has 0 radical (unpaired) electrons. The molecular formula is C48H33N9.